The number of carbonyl (C=O) groups excluding carboxylic acids is 2. The highest BCUT2D eigenvalue weighted by Gasteiger charge is 2.44. The average molecular weight is 280 g/mol. The molecule has 4 nitrogen and oxygen atoms in total. The molecule has 2 aliphatic carbocycles. The van der Waals surface area contributed by atoms with E-state index in [1.54, 1.807) is 0 Å². The van der Waals surface area contributed by atoms with Crippen LogP contribution in [0.3, 0.4) is 0 Å². The van der Waals surface area contributed by atoms with Gasteiger partial charge in [-0.25, -0.2) is 0 Å². The molecule has 0 aromatic heterocycles. The molecule has 0 heterocycles. The summed E-state index contributed by atoms with van der Waals surface area (Å²) in [4.78, 5) is 23.7. The van der Waals surface area contributed by atoms with Crippen LogP contribution in [-0.4, -0.2) is 11.8 Å². The minimum Gasteiger partial charge on any atom is -0.273 e. The van der Waals surface area contributed by atoms with Crippen molar-refractivity contribution in [1.29, 1.82) is 0 Å². The molecule has 20 heavy (non-hydrogen) atoms. The largest absolute Gasteiger partial charge is 0.273 e. The van der Waals surface area contributed by atoms with Gasteiger partial charge in [0.15, 0.2) is 0 Å². The van der Waals surface area contributed by atoms with E-state index >= 15 is 0 Å². The summed E-state index contributed by atoms with van der Waals surface area (Å²) in [5.74, 6) is 1.37. The third-order valence-corrected chi connectivity index (χ3v) is 4.68. The molecule has 114 valence electrons. The Morgan fingerprint density at radius 3 is 1.60 bits per heavy atom. The third kappa shape index (κ3) is 4.22. The predicted molar refractivity (Wildman–Crippen MR) is 78.5 cm³/mol. The first kappa shape index (κ1) is 15.3. The van der Waals surface area contributed by atoms with Crippen molar-refractivity contribution in [2.45, 2.75) is 65.2 Å². The Hall–Kier alpha value is -1.06. The summed E-state index contributed by atoms with van der Waals surface area (Å²) in [6.07, 6.45) is 9.03. The lowest BCUT2D eigenvalue weighted by molar-refractivity contribution is -0.130. The molecule has 0 unspecified atom stereocenters. The minimum absolute atomic E-state index is 0.00483. The molecular weight excluding hydrogens is 252 g/mol. The molecule has 0 spiro atoms. The van der Waals surface area contributed by atoms with Crippen molar-refractivity contribution in [3.63, 3.8) is 0 Å². The maximum atomic E-state index is 11.9. The minimum atomic E-state index is 0.00483. The van der Waals surface area contributed by atoms with Crippen LogP contribution in [0.4, 0.5) is 0 Å². The molecule has 2 rings (SSSR count). The van der Waals surface area contributed by atoms with Gasteiger partial charge in [0.25, 0.3) is 0 Å². The Kier molecular flexibility index (Phi) is 5.44. The van der Waals surface area contributed by atoms with Crippen molar-refractivity contribution in [2.75, 3.05) is 0 Å². The topological polar surface area (TPSA) is 58.2 Å². The second-order valence-corrected chi connectivity index (χ2v) is 6.47. The summed E-state index contributed by atoms with van der Waals surface area (Å²) in [5.41, 5.74) is 5.22. The highest BCUT2D eigenvalue weighted by molar-refractivity contribution is 5.87. The zero-order chi connectivity index (χ0) is 14.5. The van der Waals surface area contributed by atoms with Gasteiger partial charge in [-0.3, -0.25) is 20.4 Å². The van der Waals surface area contributed by atoms with Crippen LogP contribution in [0.5, 0.6) is 0 Å². The Bertz CT molecular complexity index is 322. The Labute approximate surface area is 122 Å². The highest BCUT2D eigenvalue weighted by Crippen LogP contribution is 2.43. The van der Waals surface area contributed by atoms with Gasteiger partial charge in [-0.05, 0) is 37.5 Å². The van der Waals surface area contributed by atoms with Crippen molar-refractivity contribution in [3.05, 3.63) is 0 Å². The van der Waals surface area contributed by atoms with Gasteiger partial charge >= 0.3 is 0 Å². The van der Waals surface area contributed by atoms with Crippen LogP contribution in [0.1, 0.15) is 65.2 Å². The average Bonchev–Trinajstić information content (AvgIpc) is 3.34. The summed E-state index contributed by atoms with van der Waals surface area (Å²) < 4.78 is 0. The maximum absolute atomic E-state index is 11.9. The van der Waals surface area contributed by atoms with Crippen molar-refractivity contribution >= 4 is 11.8 Å². The highest BCUT2D eigenvalue weighted by atomic mass is 16.2. The first-order valence-electron chi connectivity index (χ1n) is 8.27. The van der Waals surface area contributed by atoms with Gasteiger partial charge in [0.1, 0.15) is 0 Å². The van der Waals surface area contributed by atoms with Crippen LogP contribution >= 0.6 is 0 Å². The van der Waals surface area contributed by atoms with Crippen molar-refractivity contribution in [2.24, 2.45) is 23.7 Å². The smallest absolute Gasteiger partial charge is 0.241 e. The van der Waals surface area contributed by atoms with E-state index in [-0.39, 0.29) is 23.7 Å². The first-order valence-corrected chi connectivity index (χ1v) is 8.27. The lowest BCUT2D eigenvalue weighted by Gasteiger charge is -2.07. The summed E-state index contributed by atoms with van der Waals surface area (Å²) in [5, 5.41) is 0. The van der Waals surface area contributed by atoms with Gasteiger partial charge in [-0.15, -0.1) is 0 Å². The zero-order valence-electron chi connectivity index (χ0n) is 12.8. The molecule has 4 heteroatoms. The number of unbranched alkanes of at least 4 members (excludes halogenated alkanes) is 2. The number of hydrazine groups is 1. The van der Waals surface area contributed by atoms with Crippen LogP contribution in [0.2, 0.25) is 0 Å². The Balaban J connectivity index is 1.57. The summed E-state index contributed by atoms with van der Waals surface area (Å²) >= 11 is 0. The molecule has 2 N–H and O–H groups in total. The van der Waals surface area contributed by atoms with E-state index in [1.807, 2.05) is 0 Å². The monoisotopic (exact) mass is 280 g/mol. The molecule has 2 fully saturated rings. The molecule has 2 saturated carbocycles. The quantitative estimate of drug-likeness (QED) is 0.672. The first-order chi connectivity index (χ1) is 9.67. The molecule has 0 saturated heterocycles. The van der Waals surface area contributed by atoms with Gasteiger partial charge in [0.2, 0.25) is 11.8 Å². The fraction of sp³-hybridized carbons (Fsp3) is 0.875. The van der Waals surface area contributed by atoms with Crippen LogP contribution < -0.4 is 10.9 Å². The van der Waals surface area contributed by atoms with Crippen molar-refractivity contribution in [3.8, 4) is 0 Å². The molecular formula is C16H28N2O2. The second-order valence-electron chi connectivity index (χ2n) is 6.47. The predicted octanol–water partition coefficient (Wildman–Crippen LogP) is 2.79. The van der Waals surface area contributed by atoms with Crippen molar-refractivity contribution < 1.29 is 9.59 Å². The molecule has 0 radical (unpaired) electrons. The molecule has 4 atom stereocenters. The molecule has 2 amide bonds. The van der Waals surface area contributed by atoms with E-state index in [1.165, 1.54) is 25.7 Å². The summed E-state index contributed by atoms with van der Waals surface area (Å²) in [6.45, 7) is 4.34. The van der Waals surface area contributed by atoms with E-state index in [4.69, 9.17) is 0 Å². The number of nitrogens with one attached hydrogen (secondary N) is 2. The third-order valence-electron chi connectivity index (χ3n) is 4.68. The number of amides is 2. The van der Waals surface area contributed by atoms with Crippen LogP contribution in [0.15, 0.2) is 0 Å². The molecule has 0 aromatic carbocycles. The van der Waals surface area contributed by atoms with E-state index in [2.05, 4.69) is 24.7 Å². The van der Waals surface area contributed by atoms with Crippen molar-refractivity contribution in [1.82, 2.24) is 10.9 Å². The van der Waals surface area contributed by atoms with Gasteiger partial charge in [0, 0.05) is 11.8 Å². The van der Waals surface area contributed by atoms with Crippen LogP contribution in [-0.2, 0) is 9.59 Å². The van der Waals surface area contributed by atoms with Gasteiger partial charge in [0.05, 0.1) is 0 Å². The van der Waals surface area contributed by atoms with Crippen LogP contribution in [0, 0.1) is 23.7 Å². The maximum Gasteiger partial charge on any atom is 0.241 e. The SMILES string of the molecule is CCCC[C@@H]1C[C@H]1C(=O)NNC(=O)[C@@H]1C[C@@H]1CCCC. The number of rotatable bonds is 8. The van der Waals surface area contributed by atoms with Crippen LogP contribution in [0.25, 0.3) is 0 Å². The number of carbonyl (C=O) groups is 2. The fourth-order valence-corrected chi connectivity index (χ4v) is 3.02. The van der Waals surface area contributed by atoms with E-state index in [0.29, 0.717) is 11.8 Å². The van der Waals surface area contributed by atoms with Gasteiger partial charge < -0.3 is 0 Å². The van der Waals surface area contributed by atoms with Gasteiger partial charge in [-0.1, -0.05) is 39.5 Å². The number of hydrogen-bond donors (Lipinski definition) is 2. The Morgan fingerprint density at radius 1 is 0.850 bits per heavy atom. The zero-order valence-corrected chi connectivity index (χ0v) is 12.8. The lowest BCUT2D eigenvalue weighted by Crippen LogP contribution is -2.43. The number of hydrogen-bond acceptors (Lipinski definition) is 2. The fourth-order valence-electron chi connectivity index (χ4n) is 3.02. The Morgan fingerprint density at radius 2 is 1.25 bits per heavy atom. The van der Waals surface area contributed by atoms with E-state index < -0.39 is 0 Å². The second kappa shape index (κ2) is 7.09. The standard InChI is InChI=1S/C16H28N2O2/c1-3-5-7-11-9-13(11)15(19)17-18-16(20)14-10-12(14)8-6-4-2/h11-14H,3-10H2,1-2H3,(H,17,19)(H,18,20)/t11-,12+,13-,14-/m1/s1. The normalized spacial score (nSPS) is 30.7. The lowest BCUT2D eigenvalue weighted by atomic mass is 10.1. The molecule has 2 aliphatic rings. The molecule has 0 aliphatic heterocycles. The summed E-state index contributed by atoms with van der Waals surface area (Å²) in [7, 11) is 0. The molecule has 0 aromatic rings. The summed E-state index contributed by atoms with van der Waals surface area (Å²) in [6, 6.07) is 0. The van der Waals surface area contributed by atoms with E-state index in [0.717, 1.165) is 25.7 Å². The van der Waals surface area contributed by atoms with Gasteiger partial charge in [-0.2, -0.15) is 0 Å². The molecule has 0 bridgehead atoms. The van der Waals surface area contributed by atoms with E-state index in [9.17, 15) is 9.59 Å².